The predicted molar refractivity (Wildman–Crippen MR) is 66.0 cm³/mol. The van der Waals surface area contributed by atoms with Crippen LogP contribution in [0.15, 0.2) is 18.2 Å². The highest BCUT2D eigenvalue weighted by atomic mass is 19.1. The van der Waals surface area contributed by atoms with Crippen molar-refractivity contribution in [1.82, 2.24) is 0 Å². The smallest absolute Gasteiger partial charge is 0.256 e. The normalized spacial score (nSPS) is 12.1. The lowest BCUT2D eigenvalue weighted by Gasteiger charge is -2.20. The van der Waals surface area contributed by atoms with Crippen LogP contribution in [-0.2, 0) is 4.79 Å². The van der Waals surface area contributed by atoms with Crippen LogP contribution in [0.5, 0.6) is 5.75 Å². The molecule has 100 valence electrons. The van der Waals surface area contributed by atoms with Gasteiger partial charge in [-0.1, -0.05) is 0 Å². The van der Waals surface area contributed by atoms with Gasteiger partial charge in [0.15, 0.2) is 11.6 Å². The Morgan fingerprint density at radius 3 is 2.78 bits per heavy atom. The number of hydrogen-bond acceptors (Lipinski definition) is 4. The number of nitrogens with two attached hydrogens (primary N) is 1. The molecule has 0 saturated carbocycles. The standard InChI is InChI=1S/C12H17FN2O3/c1-3-18-11-5-4-8(6-9(11)13)15(2)12(17)10(16)7-14/h4-6,10,16H,3,7,14H2,1-2H3. The first kappa shape index (κ1) is 14.4. The second-order valence-corrected chi connectivity index (χ2v) is 3.70. The molecule has 1 aromatic rings. The average molecular weight is 256 g/mol. The molecular formula is C12H17FN2O3. The minimum atomic E-state index is -1.29. The van der Waals surface area contributed by atoms with Gasteiger partial charge in [0.2, 0.25) is 0 Å². The van der Waals surface area contributed by atoms with E-state index in [0.717, 1.165) is 4.90 Å². The maximum absolute atomic E-state index is 13.6. The van der Waals surface area contributed by atoms with Crippen molar-refractivity contribution in [2.45, 2.75) is 13.0 Å². The summed E-state index contributed by atoms with van der Waals surface area (Å²) in [6.07, 6.45) is -1.29. The van der Waals surface area contributed by atoms with E-state index >= 15 is 0 Å². The number of hydrogen-bond donors (Lipinski definition) is 2. The highest BCUT2D eigenvalue weighted by Gasteiger charge is 2.19. The van der Waals surface area contributed by atoms with E-state index in [1.165, 1.54) is 25.2 Å². The van der Waals surface area contributed by atoms with Crippen LogP contribution in [0.1, 0.15) is 6.92 Å². The van der Waals surface area contributed by atoms with Gasteiger partial charge in [0.1, 0.15) is 6.10 Å². The predicted octanol–water partition coefficient (Wildman–Crippen LogP) is 0.507. The molecule has 1 amide bonds. The van der Waals surface area contributed by atoms with Gasteiger partial charge in [0, 0.05) is 25.3 Å². The van der Waals surface area contributed by atoms with Crippen LogP contribution in [0.2, 0.25) is 0 Å². The summed E-state index contributed by atoms with van der Waals surface area (Å²) in [5, 5.41) is 9.33. The SMILES string of the molecule is CCOc1ccc(N(C)C(=O)C(O)CN)cc1F. The molecule has 5 nitrogen and oxygen atoms in total. The van der Waals surface area contributed by atoms with Crippen molar-refractivity contribution in [2.24, 2.45) is 5.73 Å². The highest BCUT2D eigenvalue weighted by molar-refractivity contribution is 5.96. The van der Waals surface area contributed by atoms with E-state index in [2.05, 4.69) is 0 Å². The lowest BCUT2D eigenvalue weighted by molar-refractivity contribution is -0.125. The van der Waals surface area contributed by atoms with Gasteiger partial charge >= 0.3 is 0 Å². The third-order valence-corrected chi connectivity index (χ3v) is 2.44. The zero-order chi connectivity index (χ0) is 13.7. The molecule has 1 atom stereocenters. The number of carbonyl (C=O) groups excluding carboxylic acids is 1. The van der Waals surface area contributed by atoms with Gasteiger partial charge in [-0.3, -0.25) is 4.79 Å². The first-order valence-corrected chi connectivity index (χ1v) is 5.59. The largest absolute Gasteiger partial charge is 0.491 e. The third kappa shape index (κ3) is 3.18. The lowest BCUT2D eigenvalue weighted by atomic mass is 10.2. The number of rotatable bonds is 5. The summed E-state index contributed by atoms with van der Waals surface area (Å²) in [6.45, 7) is 1.93. The number of halogens is 1. The van der Waals surface area contributed by atoms with Crippen LogP contribution in [0.4, 0.5) is 10.1 Å². The van der Waals surface area contributed by atoms with E-state index in [4.69, 9.17) is 10.5 Å². The average Bonchev–Trinajstić information content (AvgIpc) is 2.38. The molecule has 0 aliphatic rings. The summed E-state index contributed by atoms with van der Waals surface area (Å²) in [5.41, 5.74) is 5.52. The van der Waals surface area contributed by atoms with Crippen molar-refractivity contribution in [3.8, 4) is 5.75 Å². The molecule has 0 aliphatic heterocycles. The molecule has 1 unspecified atom stereocenters. The van der Waals surface area contributed by atoms with Crippen molar-refractivity contribution in [1.29, 1.82) is 0 Å². The molecule has 0 heterocycles. The number of aliphatic hydroxyl groups is 1. The maximum atomic E-state index is 13.6. The van der Waals surface area contributed by atoms with Gasteiger partial charge in [0.05, 0.1) is 6.61 Å². The fourth-order valence-electron chi connectivity index (χ4n) is 1.42. The van der Waals surface area contributed by atoms with Crippen LogP contribution < -0.4 is 15.4 Å². The molecule has 0 aromatic heterocycles. The molecule has 1 aromatic carbocycles. The summed E-state index contributed by atoms with van der Waals surface area (Å²) < 4.78 is 18.6. The molecule has 0 fully saturated rings. The zero-order valence-electron chi connectivity index (χ0n) is 10.4. The summed E-state index contributed by atoms with van der Waals surface area (Å²) in [6, 6.07) is 4.15. The molecule has 0 radical (unpaired) electrons. The number of amides is 1. The van der Waals surface area contributed by atoms with Gasteiger partial charge < -0.3 is 20.5 Å². The Hall–Kier alpha value is -1.66. The number of anilines is 1. The van der Waals surface area contributed by atoms with Crippen molar-refractivity contribution in [2.75, 3.05) is 25.1 Å². The number of likely N-dealkylation sites (N-methyl/N-ethyl adjacent to an activating group) is 1. The minimum Gasteiger partial charge on any atom is -0.491 e. The maximum Gasteiger partial charge on any atom is 0.256 e. The minimum absolute atomic E-state index is 0.126. The van der Waals surface area contributed by atoms with Gasteiger partial charge in [-0.2, -0.15) is 0 Å². The molecule has 3 N–H and O–H groups in total. The molecule has 0 saturated heterocycles. The van der Waals surface area contributed by atoms with Gasteiger partial charge in [-0.25, -0.2) is 4.39 Å². The molecular weight excluding hydrogens is 239 g/mol. The second-order valence-electron chi connectivity index (χ2n) is 3.70. The van der Waals surface area contributed by atoms with E-state index in [-0.39, 0.29) is 12.3 Å². The van der Waals surface area contributed by atoms with Crippen LogP contribution in [-0.4, -0.2) is 37.3 Å². The Labute approximate surface area is 105 Å². The Bertz CT molecular complexity index is 426. The Kier molecular flexibility index (Phi) is 5.06. The monoisotopic (exact) mass is 256 g/mol. The summed E-state index contributed by atoms with van der Waals surface area (Å²) in [5.74, 6) is -1.02. The van der Waals surface area contributed by atoms with E-state index in [0.29, 0.717) is 12.3 Å². The van der Waals surface area contributed by atoms with Crippen molar-refractivity contribution in [3.63, 3.8) is 0 Å². The van der Waals surface area contributed by atoms with E-state index in [1.807, 2.05) is 0 Å². The molecule has 6 heteroatoms. The lowest BCUT2D eigenvalue weighted by Crippen LogP contribution is -2.40. The Morgan fingerprint density at radius 1 is 1.61 bits per heavy atom. The quantitative estimate of drug-likeness (QED) is 0.804. The summed E-state index contributed by atoms with van der Waals surface area (Å²) in [7, 11) is 1.44. The molecule has 0 bridgehead atoms. The van der Waals surface area contributed by atoms with Crippen molar-refractivity contribution < 1.29 is 19.0 Å². The number of aliphatic hydroxyl groups excluding tert-OH is 1. The number of nitrogens with zero attached hydrogens (tertiary/aromatic N) is 1. The third-order valence-electron chi connectivity index (χ3n) is 2.44. The van der Waals surface area contributed by atoms with Gasteiger partial charge in [0.25, 0.3) is 5.91 Å². The first-order chi connectivity index (χ1) is 8.51. The van der Waals surface area contributed by atoms with Crippen molar-refractivity contribution >= 4 is 11.6 Å². The summed E-state index contributed by atoms with van der Waals surface area (Å²) >= 11 is 0. The molecule has 0 aliphatic carbocycles. The zero-order valence-corrected chi connectivity index (χ0v) is 10.4. The second kappa shape index (κ2) is 6.32. The van der Waals surface area contributed by atoms with E-state index in [1.54, 1.807) is 6.92 Å². The fraction of sp³-hybridized carbons (Fsp3) is 0.417. The highest BCUT2D eigenvalue weighted by Crippen LogP contribution is 2.23. The van der Waals surface area contributed by atoms with Gasteiger partial charge in [-0.05, 0) is 19.1 Å². The number of ether oxygens (including phenoxy) is 1. The molecule has 0 spiro atoms. The summed E-state index contributed by atoms with van der Waals surface area (Å²) in [4.78, 5) is 12.8. The van der Waals surface area contributed by atoms with Crippen LogP contribution >= 0.6 is 0 Å². The Balaban J connectivity index is 2.90. The van der Waals surface area contributed by atoms with E-state index < -0.39 is 17.8 Å². The van der Waals surface area contributed by atoms with Gasteiger partial charge in [-0.15, -0.1) is 0 Å². The fourth-order valence-corrected chi connectivity index (χ4v) is 1.42. The van der Waals surface area contributed by atoms with Crippen molar-refractivity contribution in [3.05, 3.63) is 24.0 Å². The van der Waals surface area contributed by atoms with Crippen LogP contribution in [0, 0.1) is 5.82 Å². The molecule has 1 rings (SSSR count). The topological polar surface area (TPSA) is 75.8 Å². The van der Waals surface area contributed by atoms with Crippen LogP contribution in [0.3, 0.4) is 0 Å². The molecule has 18 heavy (non-hydrogen) atoms. The van der Waals surface area contributed by atoms with E-state index in [9.17, 15) is 14.3 Å². The Morgan fingerprint density at radius 2 is 2.28 bits per heavy atom. The van der Waals surface area contributed by atoms with Crippen LogP contribution in [0.25, 0.3) is 0 Å². The number of benzene rings is 1. The number of carbonyl (C=O) groups is 1. The first-order valence-electron chi connectivity index (χ1n) is 5.59.